The second kappa shape index (κ2) is 6.85. The molecule has 1 N–H and O–H groups in total. The van der Waals surface area contributed by atoms with Gasteiger partial charge in [0, 0.05) is 18.5 Å². The van der Waals surface area contributed by atoms with E-state index >= 15 is 0 Å². The van der Waals surface area contributed by atoms with Crippen LogP contribution in [0.2, 0.25) is 0 Å². The van der Waals surface area contributed by atoms with Crippen molar-refractivity contribution in [2.24, 2.45) is 0 Å². The molecule has 0 saturated heterocycles. The molecule has 5 nitrogen and oxygen atoms in total. The summed E-state index contributed by atoms with van der Waals surface area (Å²) in [6.45, 7) is 2.41. The first-order chi connectivity index (χ1) is 9.61. The van der Waals surface area contributed by atoms with Crippen LogP contribution in [0, 0.1) is 0 Å². The van der Waals surface area contributed by atoms with Crippen molar-refractivity contribution in [1.82, 2.24) is 5.32 Å². The number of fused-ring (bicyclic) bond motifs is 1. The molecule has 0 aromatic carbocycles. The minimum absolute atomic E-state index is 0.306. The van der Waals surface area contributed by atoms with Crippen molar-refractivity contribution in [3.8, 4) is 0 Å². The Hall–Kier alpha value is -1.40. The molecule has 0 radical (unpaired) electrons. The molecule has 1 aromatic heterocycles. The molecular weight excluding hydrogens is 278 g/mol. The lowest BCUT2D eigenvalue weighted by Gasteiger charge is -2.12. The van der Waals surface area contributed by atoms with Crippen molar-refractivity contribution in [2.45, 2.75) is 32.3 Å². The van der Waals surface area contributed by atoms with E-state index in [9.17, 15) is 9.59 Å². The van der Waals surface area contributed by atoms with Crippen LogP contribution in [0.25, 0.3) is 0 Å². The predicted molar refractivity (Wildman–Crippen MR) is 76.1 cm³/mol. The van der Waals surface area contributed by atoms with Crippen molar-refractivity contribution < 1.29 is 19.1 Å². The largest absolute Gasteiger partial charge is 0.448 e. The van der Waals surface area contributed by atoms with E-state index in [1.807, 2.05) is 6.07 Å². The number of esters is 1. The van der Waals surface area contributed by atoms with E-state index in [4.69, 9.17) is 9.47 Å². The highest BCUT2D eigenvalue weighted by atomic mass is 32.1. The number of nitrogens with one attached hydrogen (secondary N) is 1. The number of methoxy groups -OCH3 is 1. The van der Waals surface area contributed by atoms with Gasteiger partial charge in [-0.15, -0.1) is 11.3 Å². The van der Waals surface area contributed by atoms with Crippen molar-refractivity contribution >= 4 is 23.2 Å². The minimum atomic E-state index is -0.795. The molecule has 6 heteroatoms. The molecule has 20 heavy (non-hydrogen) atoms. The fourth-order valence-electron chi connectivity index (χ4n) is 2.12. The highest BCUT2D eigenvalue weighted by Crippen LogP contribution is 2.31. The first-order valence-electron chi connectivity index (χ1n) is 6.71. The molecule has 0 bridgehead atoms. The lowest BCUT2D eigenvalue weighted by molar-refractivity contribution is -0.129. The van der Waals surface area contributed by atoms with Gasteiger partial charge in [0.05, 0.1) is 6.61 Å². The SMILES string of the molecule is COCCNC(=O)[C@@H](C)OC(=O)c1cc2c(s1)CCC2. The Balaban J connectivity index is 1.85. The van der Waals surface area contributed by atoms with Gasteiger partial charge in [0.1, 0.15) is 4.88 Å². The molecule has 0 spiro atoms. The second-order valence-corrected chi connectivity index (χ2v) is 5.88. The van der Waals surface area contributed by atoms with Crippen LogP contribution in [0.15, 0.2) is 6.07 Å². The molecule has 1 heterocycles. The quantitative estimate of drug-likeness (QED) is 0.639. The van der Waals surface area contributed by atoms with Gasteiger partial charge in [0.15, 0.2) is 6.10 Å². The summed E-state index contributed by atoms with van der Waals surface area (Å²) in [5.74, 6) is -0.724. The maximum atomic E-state index is 12.0. The topological polar surface area (TPSA) is 64.6 Å². The highest BCUT2D eigenvalue weighted by molar-refractivity contribution is 7.14. The molecule has 1 aliphatic rings. The van der Waals surface area contributed by atoms with E-state index in [1.165, 1.54) is 21.8 Å². The van der Waals surface area contributed by atoms with Gasteiger partial charge in [-0.3, -0.25) is 4.79 Å². The average Bonchev–Trinajstić information content (AvgIpc) is 2.99. The number of thiophene rings is 1. The molecule has 0 saturated carbocycles. The highest BCUT2D eigenvalue weighted by Gasteiger charge is 2.23. The lowest BCUT2D eigenvalue weighted by Crippen LogP contribution is -2.37. The Kier molecular flexibility index (Phi) is 5.14. The Morgan fingerprint density at radius 1 is 1.45 bits per heavy atom. The monoisotopic (exact) mass is 297 g/mol. The smallest absolute Gasteiger partial charge is 0.349 e. The van der Waals surface area contributed by atoms with Crippen molar-refractivity contribution in [3.05, 3.63) is 21.4 Å². The number of ether oxygens (including phenoxy) is 2. The zero-order valence-electron chi connectivity index (χ0n) is 11.7. The van der Waals surface area contributed by atoms with E-state index < -0.39 is 12.1 Å². The van der Waals surface area contributed by atoms with Crippen LogP contribution in [0.5, 0.6) is 0 Å². The van der Waals surface area contributed by atoms with E-state index in [-0.39, 0.29) is 5.91 Å². The third-order valence-corrected chi connectivity index (χ3v) is 4.42. The van der Waals surface area contributed by atoms with Crippen LogP contribution in [-0.4, -0.2) is 38.2 Å². The summed E-state index contributed by atoms with van der Waals surface area (Å²) in [5.41, 5.74) is 1.25. The van der Waals surface area contributed by atoms with Crippen LogP contribution >= 0.6 is 11.3 Å². The molecule has 2 rings (SSSR count). The van der Waals surface area contributed by atoms with Crippen LogP contribution in [0.4, 0.5) is 0 Å². The molecule has 1 atom stereocenters. The number of aryl methyl sites for hydroxylation is 2. The number of carbonyl (C=O) groups excluding carboxylic acids is 2. The number of rotatable bonds is 6. The fourth-order valence-corrected chi connectivity index (χ4v) is 3.26. The molecule has 0 unspecified atom stereocenters. The summed E-state index contributed by atoms with van der Waals surface area (Å²) in [6, 6.07) is 1.89. The van der Waals surface area contributed by atoms with Crippen molar-refractivity contribution in [3.63, 3.8) is 0 Å². The maximum Gasteiger partial charge on any atom is 0.349 e. The summed E-state index contributed by atoms with van der Waals surface area (Å²) in [5, 5.41) is 2.64. The Bertz CT molecular complexity index is 476. The average molecular weight is 297 g/mol. The summed E-state index contributed by atoms with van der Waals surface area (Å²) in [6.07, 6.45) is 2.44. The van der Waals surface area contributed by atoms with E-state index in [1.54, 1.807) is 14.0 Å². The Morgan fingerprint density at radius 2 is 2.25 bits per heavy atom. The van der Waals surface area contributed by atoms with Gasteiger partial charge < -0.3 is 14.8 Å². The Labute approximate surface area is 122 Å². The Morgan fingerprint density at radius 3 is 2.95 bits per heavy atom. The van der Waals surface area contributed by atoms with Gasteiger partial charge in [0.2, 0.25) is 0 Å². The predicted octanol–water partition coefficient (Wildman–Crippen LogP) is 1.54. The third kappa shape index (κ3) is 3.58. The molecule has 1 aliphatic carbocycles. The van der Waals surface area contributed by atoms with Crippen LogP contribution in [-0.2, 0) is 27.1 Å². The van der Waals surface area contributed by atoms with E-state index in [0.29, 0.717) is 18.0 Å². The number of amides is 1. The van der Waals surface area contributed by atoms with Crippen molar-refractivity contribution in [1.29, 1.82) is 0 Å². The molecule has 110 valence electrons. The second-order valence-electron chi connectivity index (χ2n) is 4.74. The number of hydrogen-bond donors (Lipinski definition) is 1. The number of hydrogen-bond acceptors (Lipinski definition) is 5. The normalized spacial score (nSPS) is 14.7. The van der Waals surface area contributed by atoms with E-state index in [2.05, 4.69) is 5.32 Å². The van der Waals surface area contributed by atoms with Gasteiger partial charge in [-0.1, -0.05) is 0 Å². The summed E-state index contributed by atoms with van der Waals surface area (Å²) >= 11 is 1.48. The van der Waals surface area contributed by atoms with Gasteiger partial charge in [0.25, 0.3) is 5.91 Å². The summed E-state index contributed by atoms with van der Waals surface area (Å²) < 4.78 is 10.0. The first kappa shape index (κ1) is 15.0. The molecule has 0 fully saturated rings. The molecular formula is C14H19NO4S. The zero-order valence-corrected chi connectivity index (χ0v) is 12.5. The van der Waals surface area contributed by atoms with Gasteiger partial charge in [-0.25, -0.2) is 4.79 Å². The maximum absolute atomic E-state index is 12.0. The minimum Gasteiger partial charge on any atom is -0.448 e. The van der Waals surface area contributed by atoms with Crippen molar-refractivity contribution in [2.75, 3.05) is 20.3 Å². The van der Waals surface area contributed by atoms with Crippen LogP contribution < -0.4 is 5.32 Å². The molecule has 1 aromatic rings. The summed E-state index contributed by atoms with van der Waals surface area (Å²) in [4.78, 5) is 25.5. The van der Waals surface area contributed by atoms with E-state index in [0.717, 1.165) is 19.3 Å². The molecule has 1 amide bonds. The van der Waals surface area contributed by atoms with Gasteiger partial charge >= 0.3 is 5.97 Å². The number of carbonyl (C=O) groups is 2. The molecule has 0 aliphatic heterocycles. The lowest BCUT2D eigenvalue weighted by atomic mass is 10.2. The first-order valence-corrected chi connectivity index (χ1v) is 7.52. The van der Waals surface area contributed by atoms with Crippen LogP contribution in [0.1, 0.15) is 33.5 Å². The third-order valence-electron chi connectivity index (χ3n) is 3.21. The van der Waals surface area contributed by atoms with Gasteiger partial charge in [-0.05, 0) is 37.8 Å². The standard InChI is InChI=1S/C14H19NO4S/c1-9(13(16)15-6-7-18-2)19-14(17)12-8-10-4-3-5-11(10)20-12/h8-9H,3-7H2,1-2H3,(H,15,16)/t9-/m1/s1. The van der Waals surface area contributed by atoms with Gasteiger partial charge in [-0.2, -0.15) is 0 Å². The zero-order chi connectivity index (χ0) is 14.5. The van der Waals surface area contributed by atoms with Crippen LogP contribution in [0.3, 0.4) is 0 Å². The summed E-state index contributed by atoms with van der Waals surface area (Å²) in [7, 11) is 1.56. The fraction of sp³-hybridized carbons (Fsp3) is 0.571.